The Morgan fingerprint density at radius 3 is 1.28 bits per heavy atom. The number of imidazole rings is 2. The summed E-state index contributed by atoms with van der Waals surface area (Å²) in [7, 11) is -7.74. The van der Waals surface area contributed by atoms with Crippen LogP contribution in [0.4, 0.5) is 0 Å². The van der Waals surface area contributed by atoms with E-state index in [1.54, 1.807) is 0 Å². The molecular formula is C18H18N6O6S2. The van der Waals surface area contributed by atoms with E-state index in [0.29, 0.717) is 22.1 Å². The van der Waals surface area contributed by atoms with Gasteiger partial charge < -0.3 is 19.9 Å². The fourth-order valence-electron chi connectivity index (χ4n) is 3.79. The van der Waals surface area contributed by atoms with Crippen LogP contribution >= 0.6 is 0 Å². The summed E-state index contributed by atoms with van der Waals surface area (Å²) in [5.41, 5.74) is 0.854. The van der Waals surface area contributed by atoms with E-state index in [2.05, 4.69) is 19.9 Å². The van der Waals surface area contributed by atoms with Crippen molar-refractivity contribution in [2.75, 3.05) is 26.2 Å². The summed E-state index contributed by atoms with van der Waals surface area (Å²) in [6.45, 7) is -0.0854. The van der Waals surface area contributed by atoms with Gasteiger partial charge in [-0.2, -0.15) is 8.61 Å². The first-order chi connectivity index (χ1) is 15.1. The Balaban J connectivity index is 1.37. The van der Waals surface area contributed by atoms with Crippen molar-refractivity contribution in [2.24, 2.45) is 0 Å². The minimum atomic E-state index is -3.87. The van der Waals surface area contributed by atoms with Gasteiger partial charge in [0.25, 0.3) is 0 Å². The van der Waals surface area contributed by atoms with Crippen LogP contribution in [0.15, 0.2) is 55.8 Å². The number of fused-ring (bicyclic) bond motifs is 2. The van der Waals surface area contributed by atoms with Gasteiger partial charge in [0.15, 0.2) is 0 Å². The van der Waals surface area contributed by atoms with Gasteiger partial charge in [-0.25, -0.2) is 26.4 Å². The molecule has 2 aromatic heterocycles. The number of rotatable bonds is 4. The van der Waals surface area contributed by atoms with Gasteiger partial charge in [-0.1, -0.05) is 0 Å². The molecule has 1 aliphatic rings. The van der Waals surface area contributed by atoms with Crippen LogP contribution in [-0.4, -0.2) is 71.6 Å². The number of nitrogens with one attached hydrogen (secondary N) is 4. The maximum Gasteiger partial charge on any atom is 0.323 e. The van der Waals surface area contributed by atoms with E-state index in [1.807, 2.05) is 0 Å². The Kier molecular flexibility index (Phi) is 4.63. The van der Waals surface area contributed by atoms with E-state index in [0.717, 1.165) is 0 Å². The van der Waals surface area contributed by atoms with E-state index in [-0.39, 0.29) is 36.0 Å². The second-order valence-corrected chi connectivity index (χ2v) is 11.3. The summed E-state index contributed by atoms with van der Waals surface area (Å²) in [4.78, 5) is 33.0. The molecule has 14 heteroatoms. The van der Waals surface area contributed by atoms with Gasteiger partial charge in [0.1, 0.15) is 0 Å². The smallest absolute Gasteiger partial charge is 0.306 e. The summed E-state index contributed by atoms with van der Waals surface area (Å²) < 4.78 is 54.6. The lowest BCUT2D eigenvalue weighted by atomic mass is 10.3. The third kappa shape index (κ3) is 3.37. The number of piperazine rings is 1. The summed E-state index contributed by atoms with van der Waals surface area (Å²) in [5, 5.41) is 0. The molecule has 0 aliphatic carbocycles. The van der Waals surface area contributed by atoms with Crippen LogP contribution in [0.5, 0.6) is 0 Å². The monoisotopic (exact) mass is 478 g/mol. The first-order valence-corrected chi connectivity index (χ1v) is 12.5. The Hall–Kier alpha value is -3.20. The third-order valence-corrected chi connectivity index (χ3v) is 9.24. The molecule has 4 aromatic rings. The number of aromatic nitrogens is 4. The van der Waals surface area contributed by atoms with Crippen LogP contribution in [0.1, 0.15) is 0 Å². The number of aromatic amines is 4. The van der Waals surface area contributed by atoms with Crippen molar-refractivity contribution in [2.45, 2.75) is 9.79 Å². The van der Waals surface area contributed by atoms with Crippen LogP contribution in [0.3, 0.4) is 0 Å². The quantitative estimate of drug-likeness (QED) is 0.314. The second-order valence-electron chi connectivity index (χ2n) is 7.38. The van der Waals surface area contributed by atoms with Crippen LogP contribution < -0.4 is 11.4 Å². The van der Waals surface area contributed by atoms with Crippen LogP contribution in [0.2, 0.25) is 0 Å². The number of hydrogen-bond acceptors (Lipinski definition) is 6. The number of H-pyrrole nitrogens is 4. The average molecular weight is 479 g/mol. The second kappa shape index (κ2) is 7.16. The highest BCUT2D eigenvalue weighted by atomic mass is 32.2. The molecule has 1 saturated heterocycles. The topological polar surface area (TPSA) is 172 Å². The molecule has 0 saturated carbocycles. The molecular weight excluding hydrogens is 460 g/mol. The van der Waals surface area contributed by atoms with E-state index < -0.39 is 31.4 Å². The molecule has 3 heterocycles. The summed E-state index contributed by atoms with van der Waals surface area (Å²) in [5.74, 6) is 0. The largest absolute Gasteiger partial charge is 0.323 e. The van der Waals surface area contributed by atoms with Crippen molar-refractivity contribution in [3.8, 4) is 0 Å². The molecule has 0 radical (unpaired) electrons. The highest BCUT2D eigenvalue weighted by molar-refractivity contribution is 7.89. The lowest BCUT2D eigenvalue weighted by molar-refractivity contribution is 0.273. The third-order valence-electron chi connectivity index (χ3n) is 5.45. The predicted octanol–water partition coefficient (Wildman–Crippen LogP) is -0.279. The van der Waals surface area contributed by atoms with Crippen LogP contribution in [-0.2, 0) is 20.0 Å². The molecule has 0 unspecified atom stereocenters. The summed E-state index contributed by atoms with van der Waals surface area (Å²) >= 11 is 0. The average Bonchev–Trinajstić information content (AvgIpc) is 3.32. The Labute approximate surface area is 181 Å². The molecule has 2 aromatic carbocycles. The zero-order valence-corrected chi connectivity index (χ0v) is 18.1. The molecule has 1 fully saturated rings. The van der Waals surface area contributed by atoms with Crippen molar-refractivity contribution in [3.63, 3.8) is 0 Å². The molecule has 1 aliphatic heterocycles. The lowest BCUT2D eigenvalue weighted by Crippen LogP contribution is -2.50. The molecule has 168 valence electrons. The van der Waals surface area contributed by atoms with Gasteiger partial charge in [-0.05, 0) is 36.4 Å². The maximum absolute atomic E-state index is 13.0. The highest BCUT2D eigenvalue weighted by Gasteiger charge is 2.34. The zero-order valence-electron chi connectivity index (χ0n) is 16.5. The molecule has 4 N–H and O–H groups in total. The minimum Gasteiger partial charge on any atom is -0.306 e. The van der Waals surface area contributed by atoms with Crippen molar-refractivity contribution >= 4 is 42.1 Å². The normalized spacial score (nSPS) is 16.8. The number of nitrogens with zero attached hydrogens (tertiary/aromatic N) is 2. The van der Waals surface area contributed by atoms with Crippen molar-refractivity contribution in [3.05, 3.63) is 57.4 Å². The fourth-order valence-corrected chi connectivity index (χ4v) is 6.69. The fraction of sp³-hybridized carbons (Fsp3) is 0.222. The molecule has 0 amide bonds. The van der Waals surface area contributed by atoms with Gasteiger partial charge in [-0.15, -0.1) is 0 Å². The van der Waals surface area contributed by atoms with Gasteiger partial charge >= 0.3 is 11.4 Å². The first kappa shape index (κ1) is 20.7. The van der Waals surface area contributed by atoms with Gasteiger partial charge in [0, 0.05) is 26.2 Å². The van der Waals surface area contributed by atoms with E-state index in [1.165, 1.54) is 45.0 Å². The van der Waals surface area contributed by atoms with Crippen molar-refractivity contribution in [1.82, 2.24) is 28.5 Å². The lowest BCUT2D eigenvalue weighted by Gasteiger charge is -2.33. The van der Waals surface area contributed by atoms with E-state index in [9.17, 15) is 26.4 Å². The predicted molar refractivity (Wildman–Crippen MR) is 115 cm³/mol. The molecule has 0 spiro atoms. The maximum atomic E-state index is 13.0. The van der Waals surface area contributed by atoms with Gasteiger partial charge in [-0.3, -0.25) is 0 Å². The molecule has 0 bridgehead atoms. The number of hydrogen-bond donors (Lipinski definition) is 4. The molecule has 5 rings (SSSR count). The van der Waals surface area contributed by atoms with E-state index >= 15 is 0 Å². The Bertz CT molecular complexity index is 1540. The Morgan fingerprint density at radius 1 is 0.562 bits per heavy atom. The van der Waals surface area contributed by atoms with Crippen LogP contribution in [0, 0.1) is 0 Å². The van der Waals surface area contributed by atoms with Crippen molar-refractivity contribution in [1.29, 1.82) is 0 Å². The van der Waals surface area contributed by atoms with Gasteiger partial charge in [0.05, 0.1) is 31.9 Å². The van der Waals surface area contributed by atoms with Crippen LogP contribution in [0.25, 0.3) is 22.1 Å². The zero-order chi connectivity index (χ0) is 22.7. The van der Waals surface area contributed by atoms with E-state index in [4.69, 9.17) is 0 Å². The molecule has 32 heavy (non-hydrogen) atoms. The SMILES string of the molecule is O=c1[nH]c2ccc(S(=O)(=O)N3CCN(S(=O)(=O)c4ccc5[nH]c(=O)[nH]c5c4)CC3)cc2[nH]1. The first-order valence-electron chi connectivity index (χ1n) is 9.59. The standard InChI is InChI=1S/C18H18N6O6S2/c25-17-19-13-3-1-11(9-15(13)21-17)31(27,28)23-5-7-24(8-6-23)32(29,30)12-2-4-14-16(10-12)22-18(26)20-14/h1-4,9-10H,5-8H2,(H2,19,21,25)(H2,20,22,26). The molecule has 12 nitrogen and oxygen atoms in total. The highest BCUT2D eigenvalue weighted by Crippen LogP contribution is 2.24. The molecule has 0 atom stereocenters. The summed E-state index contributed by atoms with van der Waals surface area (Å²) in [6.07, 6.45) is 0. The number of benzene rings is 2. The van der Waals surface area contributed by atoms with Gasteiger partial charge in [0.2, 0.25) is 20.0 Å². The van der Waals surface area contributed by atoms with Crippen molar-refractivity contribution < 1.29 is 16.8 Å². The Morgan fingerprint density at radius 2 is 0.906 bits per heavy atom. The summed E-state index contributed by atoms with van der Waals surface area (Å²) in [6, 6.07) is 8.55. The minimum absolute atomic E-state index is 0.0124. The number of sulfonamides is 2.